The van der Waals surface area contributed by atoms with Crippen molar-refractivity contribution >= 4 is 34.8 Å². The van der Waals surface area contributed by atoms with Crippen molar-refractivity contribution in [2.45, 2.75) is 20.3 Å². The molecule has 0 radical (unpaired) electrons. The normalized spacial score (nSPS) is 15.2. The second kappa shape index (κ2) is 9.79. The molecular weight excluding hydrogens is 430 g/mol. The molecule has 0 bridgehead atoms. The first-order valence-corrected chi connectivity index (χ1v) is 11.1. The Balaban J connectivity index is 1.42. The summed E-state index contributed by atoms with van der Waals surface area (Å²) in [5, 5.41) is 5.77. The minimum absolute atomic E-state index is 0.116. The molecule has 1 aliphatic heterocycles. The first kappa shape index (κ1) is 23.0. The molecule has 4 rings (SSSR count). The van der Waals surface area contributed by atoms with Gasteiger partial charge in [0, 0.05) is 41.7 Å². The SMILES string of the molecule is COc1cccc(N2C[C@H](C(=O)Nc3cccc(C(=O)Nc4ccc(C)cc4C)c3)CC2=O)c1. The van der Waals surface area contributed by atoms with Crippen molar-refractivity contribution in [3.05, 3.63) is 83.4 Å². The van der Waals surface area contributed by atoms with Gasteiger partial charge in [0.2, 0.25) is 11.8 Å². The molecule has 2 N–H and O–H groups in total. The third-order valence-electron chi connectivity index (χ3n) is 5.88. The van der Waals surface area contributed by atoms with Crippen molar-refractivity contribution in [2.24, 2.45) is 5.92 Å². The number of carbonyl (C=O) groups is 3. The molecule has 3 amide bonds. The summed E-state index contributed by atoms with van der Waals surface area (Å²) >= 11 is 0. The van der Waals surface area contributed by atoms with Crippen molar-refractivity contribution in [3.8, 4) is 5.75 Å². The average molecular weight is 458 g/mol. The first-order chi connectivity index (χ1) is 16.3. The topological polar surface area (TPSA) is 87.7 Å². The molecule has 7 nitrogen and oxygen atoms in total. The molecule has 174 valence electrons. The lowest BCUT2D eigenvalue weighted by Gasteiger charge is -2.17. The number of ether oxygens (including phenoxy) is 1. The van der Waals surface area contributed by atoms with Crippen LogP contribution >= 0.6 is 0 Å². The van der Waals surface area contributed by atoms with Gasteiger partial charge in [-0.05, 0) is 55.8 Å². The molecule has 1 fully saturated rings. The molecule has 3 aromatic rings. The van der Waals surface area contributed by atoms with Crippen molar-refractivity contribution < 1.29 is 19.1 Å². The van der Waals surface area contributed by atoms with Crippen molar-refractivity contribution in [2.75, 3.05) is 29.2 Å². The molecule has 0 saturated carbocycles. The molecule has 34 heavy (non-hydrogen) atoms. The van der Waals surface area contributed by atoms with E-state index in [0.717, 1.165) is 16.8 Å². The van der Waals surface area contributed by atoms with Gasteiger partial charge in [0.1, 0.15) is 5.75 Å². The van der Waals surface area contributed by atoms with Crippen LogP contribution in [0.25, 0.3) is 0 Å². The van der Waals surface area contributed by atoms with Gasteiger partial charge in [-0.25, -0.2) is 0 Å². The van der Waals surface area contributed by atoms with E-state index in [-0.39, 0.29) is 30.7 Å². The summed E-state index contributed by atoms with van der Waals surface area (Å²) in [7, 11) is 1.57. The Morgan fingerprint density at radius 3 is 2.53 bits per heavy atom. The molecule has 0 spiro atoms. The summed E-state index contributed by atoms with van der Waals surface area (Å²) in [6.45, 7) is 4.22. The van der Waals surface area contributed by atoms with E-state index in [9.17, 15) is 14.4 Å². The van der Waals surface area contributed by atoms with E-state index in [1.165, 1.54) is 0 Å². The highest BCUT2D eigenvalue weighted by atomic mass is 16.5. The summed E-state index contributed by atoms with van der Waals surface area (Å²) in [4.78, 5) is 39.8. The Bertz CT molecular complexity index is 1250. The largest absolute Gasteiger partial charge is 0.497 e. The van der Waals surface area contributed by atoms with E-state index in [2.05, 4.69) is 10.6 Å². The van der Waals surface area contributed by atoms with Crippen molar-refractivity contribution in [3.63, 3.8) is 0 Å². The minimum atomic E-state index is -0.494. The van der Waals surface area contributed by atoms with Crippen LogP contribution in [0.3, 0.4) is 0 Å². The van der Waals surface area contributed by atoms with Gasteiger partial charge < -0.3 is 20.3 Å². The summed E-state index contributed by atoms with van der Waals surface area (Å²) in [6.07, 6.45) is 0.121. The molecule has 0 aliphatic carbocycles. The number of nitrogens with zero attached hydrogens (tertiary/aromatic N) is 1. The second-order valence-corrected chi connectivity index (χ2v) is 8.45. The van der Waals surface area contributed by atoms with Gasteiger partial charge in [0.25, 0.3) is 5.91 Å². The standard InChI is InChI=1S/C27H27N3O4/c1-17-10-11-24(18(2)12-17)29-26(32)19-6-4-7-21(13-19)28-27(33)20-14-25(31)30(16-20)22-8-5-9-23(15-22)34-3/h4-13,15,20H,14,16H2,1-3H3,(H,28,33)(H,29,32)/t20-/m1/s1. The van der Waals surface area contributed by atoms with Gasteiger partial charge in [-0.15, -0.1) is 0 Å². The third-order valence-corrected chi connectivity index (χ3v) is 5.88. The van der Waals surface area contributed by atoms with E-state index < -0.39 is 5.92 Å². The fraction of sp³-hybridized carbons (Fsp3) is 0.222. The van der Waals surface area contributed by atoms with Crippen molar-refractivity contribution in [1.29, 1.82) is 0 Å². The fourth-order valence-electron chi connectivity index (χ4n) is 4.04. The zero-order valence-corrected chi connectivity index (χ0v) is 19.4. The number of hydrogen-bond acceptors (Lipinski definition) is 4. The number of hydrogen-bond donors (Lipinski definition) is 2. The molecule has 0 unspecified atom stereocenters. The maximum Gasteiger partial charge on any atom is 0.255 e. The highest BCUT2D eigenvalue weighted by Gasteiger charge is 2.35. The Morgan fingerprint density at radius 1 is 0.971 bits per heavy atom. The van der Waals surface area contributed by atoms with Crippen LogP contribution in [0.5, 0.6) is 5.75 Å². The zero-order chi connectivity index (χ0) is 24.2. The monoisotopic (exact) mass is 457 g/mol. The van der Waals surface area contributed by atoms with Crippen LogP contribution in [-0.2, 0) is 9.59 Å². The molecule has 7 heteroatoms. The Kier molecular flexibility index (Phi) is 6.63. The van der Waals surface area contributed by atoms with Gasteiger partial charge >= 0.3 is 0 Å². The minimum Gasteiger partial charge on any atom is -0.497 e. The molecule has 1 heterocycles. The van der Waals surface area contributed by atoms with E-state index in [1.54, 1.807) is 48.4 Å². The van der Waals surface area contributed by atoms with Gasteiger partial charge in [-0.3, -0.25) is 14.4 Å². The number of aryl methyl sites for hydroxylation is 2. The summed E-state index contributed by atoms with van der Waals surface area (Å²) in [5.41, 5.74) is 4.47. The Labute approximate surface area is 198 Å². The van der Waals surface area contributed by atoms with Gasteiger partial charge in [0.15, 0.2) is 0 Å². The fourth-order valence-corrected chi connectivity index (χ4v) is 4.04. The number of anilines is 3. The highest BCUT2D eigenvalue weighted by Crippen LogP contribution is 2.28. The predicted octanol–water partition coefficient (Wildman–Crippen LogP) is 4.56. The molecular formula is C27H27N3O4. The number of nitrogens with one attached hydrogen (secondary N) is 2. The van der Waals surface area contributed by atoms with E-state index in [0.29, 0.717) is 22.7 Å². The lowest BCUT2D eigenvalue weighted by atomic mass is 10.1. The maximum absolute atomic E-state index is 12.9. The van der Waals surface area contributed by atoms with Gasteiger partial charge in [0.05, 0.1) is 13.0 Å². The quantitative estimate of drug-likeness (QED) is 0.568. The Hall–Kier alpha value is -4.13. The lowest BCUT2D eigenvalue weighted by molar-refractivity contribution is -0.122. The third kappa shape index (κ3) is 5.09. The average Bonchev–Trinajstić information content (AvgIpc) is 3.23. The van der Waals surface area contributed by atoms with Crippen LogP contribution in [0, 0.1) is 19.8 Å². The first-order valence-electron chi connectivity index (χ1n) is 11.1. The maximum atomic E-state index is 12.9. The number of methoxy groups -OCH3 is 1. The second-order valence-electron chi connectivity index (χ2n) is 8.45. The van der Waals surface area contributed by atoms with Crippen LogP contribution in [0.1, 0.15) is 27.9 Å². The summed E-state index contributed by atoms with van der Waals surface area (Å²) < 4.78 is 5.23. The predicted molar refractivity (Wildman–Crippen MR) is 132 cm³/mol. The van der Waals surface area contributed by atoms with Gasteiger partial charge in [-0.2, -0.15) is 0 Å². The Morgan fingerprint density at radius 2 is 1.76 bits per heavy atom. The highest BCUT2D eigenvalue weighted by molar-refractivity contribution is 6.06. The molecule has 1 saturated heterocycles. The zero-order valence-electron chi connectivity index (χ0n) is 19.4. The van der Waals surface area contributed by atoms with Crippen LogP contribution in [0.15, 0.2) is 66.7 Å². The van der Waals surface area contributed by atoms with Crippen LogP contribution in [-0.4, -0.2) is 31.4 Å². The summed E-state index contributed by atoms with van der Waals surface area (Å²) in [5.74, 6) is -0.482. The summed E-state index contributed by atoms with van der Waals surface area (Å²) in [6, 6.07) is 19.8. The molecule has 3 aromatic carbocycles. The van der Waals surface area contributed by atoms with Crippen LogP contribution < -0.4 is 20.3 Å². The van der Waals surface area contributed by atoms with Crippen LogP contribution in [0.2, 0.25) is 0 Å². The van der Waals surface area contributed by atoms with Gasteiger partial charge in [-0.1, -0.05) is 29.8 Å². The molecule has 0 aromatic heterocycles. The van der Waals surface area contributed by atoms with E-state index in [1.807, 2.05) is 44.2 Å². The lowest BCUT2D eigenvalue weighted by Crippen LogP contribution is -2.28. The van der Waals surface area contributed by atoms with E-state index >= 15 is 0 Å². The molecule has 1 atom stereocenters. The molecule has 1 aliphatic rings. The number of benzene rings is 3. The number of carbonyl (C=O) groups excluding carboxylic acids is 3. The van der Waals surface area contributed by atoms with Crippen molar-refractivity contribution in [1.82, 2.24) is 0 Å². The van der Waals surface area contributed by atoms with Crippen LogP contribution in [0.4, 0.5) is 17.1 Å². The smallest absolute Gasteiger partial charge is 0.255 e. The number of amides is 3. The number of rotatable bonds is 6. The van der Waals surface area contributed by atoms with E-state index in [4.69, 9.17) is 4.74 Å².